The number of nitrogens with one attached hydrogen (secondary N) is 1. The maximum atomic E-state index is 11.9. The number of benzene rings is 1. The van der Waals surface area contributed by atoms with Crippen molar-refractivity contribution in [2.45, 2.75) is 18.9 Å². The number of carbonyl (C=O) groups is 1. The van der Waals surface area contributed by atoms with Crippen LogP contribution in [0.2, 0.25) is 0 Å². The molecule has 1 aromatic carbocycles. The topological polar surface area (TPSA) is 29.1 Å². The second-order valence-corrected chi connectivity index (χ2v) is 4.77. The molecule has 2 rings (SSSR count). The van der Waals surface area contributed by atoms with E-state index in [2.05, 4.69) is 27.9 Å². The van der Waals surface area contributed by atoms with E-state index in [1.807, 2.05) is 24.3 Å². The molecule has 14 heavy (non-hydrogen) atoms. The third kappa shape index (κ3) is 2.15. The summed E-state index contributed by atoms with van der Waals surface area (Å²) in [7, 11) is 0. The largest absolute Gasteiger partial charge is 0.307 e. The fourth-order valence-electron chi connectivity index (χ4n) is 1.75. The van der Waals surface area contributed by atoms with Crippen LogP contribution in [0.5, 0.6) is 0 Å². The fourth-order valence-corrected chi connectivity index (χ4v) is 2.29. The summed E-state index contributed by atoms with van der Waals surface area (Å²) in [6.45, 7) is 0.973. The third-order valence-corrected chi connectivity index (χ3v) is 3.16. The zero-order chi connectivity index (χ0) is 9.97. The molecule has 0 bridgehead atoms. The Balaban J connectivity index is 2.17. The van der Waals surface area contributed by atoms with E-state index in [9.17, 15) is 4.79 Å². The number of hydrogen-bond acceptors (Lipinski definition) is 2. The Bertz CT molecular complexity index is 345. The Morgan fingerprint density at radius 1 is 1.50 bits per heavy atom. The highest BCUT2D eigenvalue weighted by molar-refractivity contribution is 14.1. The van der Waals surface area contributed by atoms with Crippen molar-refractivity contribution in [2.24, 2.45) is 0 Å². The van der Waals surface area contributed by atoms with Gasteiger partial charge in [-0.2, -0.15) is 0 Å². The first-order chi connectivity index (χ1) is 6.77. The molecule has 1 unspecified atom stereocenters. The first kappa shape index (κ1) is 10.1. The van der Waals surface area contributed by atoms with Crippen LogP contribution in [0.25, 0.3) is 0 Å². The summed E-state index contributed by atoms with van der Waals surface area (Å²) in [6.07, 6.45) is 2.09. The molecule has 74 valence electrons. The Morgan fingerprint density at radius 3 is 3.00 bits per heavy atom. The lowest BCUT2D eigenvalue weighted by atomic mass is 10.0. The molecule has 1 saturated heterocycles. The molecule has 1 fully saturated rings. The molecular formula is C11H12INO. The van der Waals surface area contributed by atoms with Crippen molar-refractivity contribution >= 4 is 28.4 Å². The van der Waals surface area contributed by atoms with Gasteiger partial charge in [-0.05, 0) is 54.1 Å². The Morgan fingerprint density at radius 2 is 2.36 bits per heavy atom. The van der Waals surface area contributed by atoms with Crippen molar-refractivity contribution in [2.75, 3.05) is 6.54 Å². The summed E-state index contributed by atoms with van der Waals surface area (Å²) >= 11 is 2.23. The van der Waals surface area contributed by atoms with Gasteiger partial charge in [0, 0.05) is 9.13 Å². The Kier molecular flexibility index (Phi) is 3.18. The van der Waals surface area contributed by atoms with E-state index < -0.39 is 0 Å². The first-order valence-corrected chi connectivity index (χ1v) is 5.88. The summed E-state index contributed by atoms with van der Waals surface area (Å²) in [4.78, 5) is 11.9. The molecule has 1 aliphatic rings. The van der Waals surface area contributed by atoms with Crippen LogP contribution < -0.4 is 5.32 Å². The van der Waals surface area contributed by atoms with Crippen LogP contribution >= 0.6 is 22.6 Å². The van der Waals surface area contributed by atoms with Crippen molar-refractivity contribution in [1.29, 1.82) is 0 Å². The van der Waals surface area contributed by atoms with Crippen LogP contribution in [0.15, 0.2) is 24.3 Å². The van der Waals surface area contributed by atoms with Crippen LogP contribution in [0.4, 0.5) is 0 Å². The van der Waals surface area contributed by atoms with Crippen molar-refractivity contribution in [1.82, 2.24) is 5.32 Å². The monoisotopic (exact) mass is 301 g/mol. The lowest BCUT2D eigenvalue weighted by molar-refractivity contribution is 0.0952. The quantitative estimate of drug-likeness (QED) is 0.670. The molecule has 0 aliphatic carbocycles. The van der Waals surface area contributed by atoms with Gasteiger partial charge in [0.25, 0.3) is 0 Å². The zero-order valence-corrected chi connectivity index (χ0v) is 9.95. The molecular weight excluding hydrogens is 289 g/mol. The molecule has 1 N–H and O–H groups in total. The predicted octanol–water partition coefficient (Wildman–Crippen LogP) is 2.23. The van der Waals surface area contributed by atoms with Gasteiger partial charge in [-0.3, -0.25) is 4.79 Å². The van der Waals surface area contributed by atoms with Crippen molar-refractivity contribution < 1.29 is 4.79 Å². The zero-order valence-electron chi connectivity index (χ0n) is 7.79. The number of hydrogen-bond donors (Lipinski definition) is 1. The van der Waals surface area contributed by atoms with Crippen LogP contribution in [-0.4, -0.2) is 18.4 Å². The van der Waals surface area contributed by atoms with Gasteiger partial charge in [0.15, 0.2) is 5.78 Å². The minimum absolute atomic E-state index is 0.0493. The molecule has 1 atom stereocenters. The smallest absolute Gasteiger partial charge is 0.179 e. The van der Waals surface area contributed by atoms with Crippen molar-refractivity contribution in [3.63, 3.8) is 0 Å². The number of halogens is 1. The van der Waals surface area contributed by atoms with Gasteiger partial charge in [-0.1, -0.05) is 12.1 Å². The first-order valence-electron chi connectivity index (χ1n) is 4.80. The molecule has 1 aromatic rings. The number of Topliss-reactive ketones (excluding diaryl/α,β-unsaturated/α-hetero) is 1. The lowest BCUT2D eigenvalue weighted by Crippen LogP contribution is -2.30. The highest BCUT2D eigenvalue weighted by atomic mass is 127. The maximum absolute atomic E-state index is 11.9. The highest BCUT2D eigenvalue weighted by Gasteiger charge is 2.22. The maximum Gasteiger partial charge on any atom is 0.179 e. The summed E-state index contributed by atoms with van der Waals surface area (Å²) in [5.41, 5.74) is 0.830. The molecule has 1 aliphatic heterocycles. The molecule has 0 radical (unpaired) electrons. The third-order valence-electron chi connectivity index (χ3n) is 2.49. The average Bonchev–Trinajstić information content (AvgIpc) is 2.69. The van der Waals surface area contributed by atoms with E-state index in [-0.39, 0.29) is 11.8 Å². The van der Waals surface area contributed by atoms with Crippen LogP contribution in [0.1, 0.15) is 23.2 Å². The molecule has 1 heterocycles. The van der Waals surface area contributed by atoms with E-state index in [1.165, 1.54) is 0 Å². The van der Waals surface area contributed by atoms with Crippen LogP contribution in [0.3, 0.4) is 0 Å². The lowest BCUT2D eigenvalue weighted by Gasteiger charge is -2.08. The summed E-state index contributed by atoms with van der Waals surface area (Å²) in [6, 6.07) is 7.82. The van der Waals surface area contributed by atoms with Gasteiger partial charge in [0.1, 0.15) is 0 Å². The number of rotatable bonds is 2. The fraction of sp³-hybridized carbons (Fsp3) is 0.364. The van der Waals surface area contributed by atoms with Crippen LogP contribution in [0, 0.1) is 3.57 Å². The Hall–Kier alpha value is -0.420. The van der Waals surface area contributed by atoms with Gasteiger partial charge < -0.3 is 5.32 Å². The van der Waals surface area contributed by atoms with E-state index in [0.717, 1.165) is 28.5 Å². The van der Waals surface area contributed by atoms with Crippen molar-refractivity contribution in [3.8, 4) is 0 Å². The van der Waals surface area contributed by atoms with Crippen molar-refractivity contribution in [3.05, 3.63) is 33.4 Å². The summed E-state index contributed by atoms with van der Waals surface area (Å²) < 4.78 is 1.12. The standard InChI is InChI=1S/C11H12INO/c12-9-4-1-3-8(7-9)11(14)10-5-2-6-13-10/h1,3-4,7,10,13H,2,5-6H2. The molecule has 0 saturated carbocycles. The Labute approximate surface area is 97.2 Å². The van der Waals surface area contributed by atoms with Gasteiger partial charge in [0.05, 0.1) is 6.04 Å². The minimum atomic E-state index is 0.0493. The van der Waals surface area contributed by atoms with E-state index in [1.54, 1.807) is 0 Å². The van der Waals surface area contributed by atoms with E-state index >= 15 is 0 Å². The summed E-state index contributed by atoms with van der Waals surface area (Å²) in [5.74, 6) is 0.237. The van der Waals surface area contributed by atoms with E-state index in [4.69, 9.17) is 0 Å². The molecule has 0 spiro atoms. The highest BCUT2D eigenvalue weighted by Crippen LogP contribution is 2.14. The normalized spacial score (nSPS) is 21.1. The second kappa shape index (κ2) is 4.40. The number of ketones is 1. The van der Waals surface area contributed by atoms with Gasteiger partial charge in [-0.25, -0.2) is 0 Å². The second-order valence-electron chi connectivity index (χ2n) is 3.52. The minimum Gasteiger partial charge on any atom is -0.307 e. The molecule has 2 nitrogen and oxygen atoms in total. The molecule has 3 heteroatoms. The van der Waals surface area contributed by atoms with Crippen LogP contribution in [-0.2, 0) is 0 Å². The predicted molar refractivity (Wildman–Crippen MR) is 64.5 cm³/mol. The van der Waals surface area contributed by atoms with Gasteiger partial charge in [-0.15, -0.1) is 0 Å². The molecule has 0 amide bonds. The van der Waals surface area contributed by atoms with E-state index in [0.29, 0.717) is 0 Å². The number of carbonyl (C=O) groups excluding carboxylic acids is 1. The summed E-state index contributed by atoms with van der Waals surface area (Å²) in [5, 5.41) is 3.22. The van der Waals surface area contributed by atoms with Gasteiger partial charge >= 0.3 is 0 Å². The molecule has 0 aromatic heterocycles. The average molecular weight is 301 g/mol. The van der Waals surface area contributed by atoms with Gasteiger partial charge in [0.2, 0.25) is 0 Å². The SMILES string of the molecule is O=C(c1cccc(I)c1)C1CCCN1.